The Balaban J connectivity index is 2.24. The van der Waals surface area contributed by atoms with Crippen LogP contribution in [0.15, 0.2) is 59.5 Å². The fourth-order valence-electron chi connectivity index (χ4n) is 1.97. The standard InChI is InChI=1S/C15H18N2O2S/c1-2-15(12-6-4-3-5-7-12)17-20(18,19)14-10-8-13(16)9-11-14/h3-11,15,17H,2,16H2,1H3. The van der Waals surface area contributed by atoms with Crippen LogP contribution in [0.4, 0.5) is 5.69 Å². The minimum atomic E-state index is -3.54. The molecule has 0 aliphatic rings. The first-order chi connectivity index (χ1) is 9.53. The zero-order valence-corrected chi connectivity index (χ0v) is 12.1. The first-order valence-electron chi connectivity index (χ1n) is 6.46. The van der Waals surface area contributed by atoms with Crippen molar-refractivity contribution < 1.29 is 8.42 Å². The van der Waals surface area contributed by atoms with Crippen LogP contribution in [0.3, 0.4) is 0 Å². The van der Waals surface area contributed by atoms with Gasteiger partial charge in [0.15, 0.2) is 0 Å². The molecule has 0 fully saturated rings. The Morgan fingerprint density at radius 2 is 1.65 bits per heavy atom. The van der Waals surface area contributed by atoms with Crippen LogP contribution in [0.2, 0.25) is 0 Å². The van der Waals surface area contributed by atoms with Crippen molar-refractivity contribution in [1.82, 2.24) is 4.72 Å². The second kappa shape index (κ2) is 6.07. The molecule has 0 saturated heterocycles. The summed E-state index contributed by atoms with van der Waals surface area (Å²) in [6, 6.07) is 15.5. The van der Waals surface area contributed by atoms with Gasteiger partial charge in [-0.25, -0.2) is 13.1 Å². The molecule has 0 bridgehead atoms. The van der Waals surface area contributed by atoms with Gasteiger partial charge in [-0.05, 0) is 36.2 Å². The smallest absolute Gasteiger partial charge is 0.241 e. The zero-order chi connectivity index (χ0) is 14.6. The lowest BCUT2D eigenvalue weighted by Gasteiger charge is -2.17. The summed E-state index contributed by atoms with van der Waals surface area (Å²) in [5.41, 5.74) is 7.07. The molecule has 0 radical (unpaired) electrons. The lowest BCUT2D eigenvalue weighted by Crippen LogP contribution is -2.28. The van der Waals surface area contributed by atoms with Crippen molar-refractivity contribution in [3.8, 4) is 0 Å². The maximum Gasteiger partial charge on any atom is 0.241 e. The van der Waals surface area contributed by atoms with E-state index in [9.17, 15) is 8.42 Å². The summed E-state index contributed by atoms with van der Waals surface area (Å²) >= 11 is 0. The van der Waals surface area contributed by atoms with Crippen molar-refractivity contribution in [3.63, 3.8) is 0 Å². The van der Waals surface area contributed by atoms with E-state index in [0.717, 1.165) is 5.56 Å². The SMILES string of the molecule is CCC(NS(=O)(=O)c1ccc(N)cc1)c1ccccc1. The molecule has 3 N–H and O–H groups in total. The third-order valence-electron chi connectivity index (χ3n) is 3.10. The van der Waals surface area contributed by atoms with Crippen LogP contribution >= 0.6 is 0 Å². The van der Waals surface area contributed by atoms with Crippen molar-refractivity contribution in [2.24, 2.45) is 0 Å². The Kier molecular flexibility index (Phi) is 4.42. The van der Waals surface area contributed by atoms with Crippen molar-refractivity contribution in [1.29, 1.82) is 0 Å². The molecule has 5 heteroatoms. The normalized spacial score (nSPS) is 13.1. The van der Waals surface area contributed by atoms with Gasteiger partial charge in [0.1, 0.15) is 0 Å². The molecule has 2 rings (SSSR count). The number of benzene rings is 2. The summed E-state index contributed by atoms with van der Waals surface area (Å²) in [7, 11) is -3.54. The number of rotatable bonds is 5. The number of sulfonamides is 1. The highest BCUT2D eigenvalue weighted by Crippen LogP contribution is 2.20. The highest BCUT2D eigenvalue weighted by atomic mass is 32.2. The second-order valence-electron chi connectivity index (χ2n) is 4.56. The molecule has 20 heavy (non-hydrogen) atoms. The summed E-state index contributed by atoms with van der Waals surface area (Å²) in [5, 5.41) is 0. The number of anilines is 1. The maximum atomic E-state index is 12.3. The number of hydrogen-bond acceptors (Lipinski definition) is 3. The molecule has 1 unspecified atom stereocenters. The van der Waals surface area contributed by atoms with Gasteiger partial charge in [-0.15, -0.1) is 0 Å². The molecule has 0 amide bonds. The molecule has 0 heterocycles. The Labute approximate surface area is 119 Å². The maximum absolute atomic E-state index is 12.3. The largest absolute Gasteiger partial charge is 0.399 e. The first-order valence-corrected chi connectivity index (χ1v) is 7.94. The van der Waals surface area contributed by atoms with Gasteiger partial charge in [0.25, 0.3) is 0 Å². The van der Waals surface area contributed by atoms with Crippen LogP contribution < -0.4 is 10.5 Å². The zero-order valence-electron chi connectivity index (χ0n) is 11.3. The van der Waals surface area contributed by atoms with Gasteiger partial charge in [-0.2, -0.15) is 0 Å². The van der Waals surface area contributed by atoms with Crippen LogP contribution in [-0.2, 0) is 10.0 Å². The van der Waals surface area contributed by atoms with Gasteiger partial charge in [0, 0.05) is 11.7 Å². The molecule has 106 valence electrons. The van der Waals surface area contributed by atoms with E-state index in [2.05, 4.69) is 4.72 Å². The lowest BCUT2D eigenvalue weighted by molar-refractivity contribution is 0.550. The van der Waals surface area contributed by atoms with E-state index < -0.39 is 10.0 Å². The fourth-order valence-corrected chi connectivity index (χ4v) is 3.28. The molecule has 0 aromatic heterocycles. The summed E-state index contributed by atoms with van der Waals surface area (Å²) < 4.78 is 27.4. The van der Waals surface area contributed by atoms with Gasteiger partial charge >= 0.3 is 0 Å². The van der Waals surface area contributed by atoms with Gasteiger partial charge in [0.2, 0.25) is 10.0 Å². The Morgan fingerprint density at radius 3 is 2.20 bits per heavy atom. The Bertz CT molecular complexity index is 652. The van der Waals surface area contributed by atoms with E-state index in [0.29, 0.717) is 12.1 Å². The first kappa shape index (κ1) is 14.6. The summed E-state index contributed by atoms with van der Waals surface area (Å²) in [5.74, 6) is 0. The molecule has 4 nitrogen and oxygen atoms in total. The Morgan fingerprint density at radius 1 is 1.05 bits per heavy atom. The number of nitrogens with two attached hydrogens (primary N) is 1. The predicted octanol–water partition coefficient (Wildman–Crippen LogP) is 2.70. The molecular weight excluding hydrogens is 272 g/mol. The van der Waals surface area contributed by atoms with Crippen LogP contribution in [-0.4, -0.2) is 8.42 Å². The molecule has 0 spiro atoms. The van der Waals surface area contributed by atoms with E-state index in [1.165, 1.54) is 12.1 Å². The second-order valence-corrected chi connectivity index (χ2v) is 6.28. The van der Waals surface area contributed by atoms with Crippen LogP contribution in [0.1, 0.15) is 24.9 Å². The molecule has 2 aromatic carbocycles. The highest BCUT2D eigenvalue weighted by molar-refractivity contribution is 7.89. The highest BCUT2D eigenvalue weighted by Gasteiger charge is 2.19. The summed E-state index contributed by atoms with van der Waals surface area (Å²) in [4.78, 5) is 0.223. The summed E-state index contributed by atoms with van der Waals surface area (Å²) in [6.45, 7) is 1.95. The minimum absolute atomic E-state index is 0.223. The third-order valence-corrected chi connectivity index (χ3v) is 4.59. The molecule has 1 atom stereocenters. The van der Waals surface area contributed by atoms with Crippen LogP contribution in [0.5, 0.6) is 0 Å². The van der Waals surface area contributed by atoms with E-state index >= 15 is 0 Å². The quantitative estimate of drug-likeness (QED) is 0.832. The average molecular weight is 290 g/mol. The predicted molar refractivity (Wildman–Crippen MR) is 80.6 cm³/mol. The summed E-state index contributed by atoms with van der Waals surface area (Å²) in [6.07, 6.45) is 0.679. The van der Waals surface area contributed by atoms with E-state index in [1.54, 1.807) is 12.1 Å². The van der Waals surface area contributed by atoms with Crippen LogP contribution in [0, 0.1) is 0 Å². The van der Waals surface area contributed by atoms with Crippen molar-refractivity contribution in [2.45, 2.75) is 24.3 Å². The van der Waals surface area contributed by atoms with Crippen molar-refractivity contribution >= 4 is 15.7 Å². The number of hydrogen-bond donors (Lipinski definition) is 2. The minimum Gasteiger partial charge on any atom is -0.399 e. The van der Waals surface area contributed by atoms with Crippen molar-refractivity contribution in [2.75, 3.05) is 5.73 Å². The van der Waals surface area contributed by atoms with E-state index in [1.807, 2.05) is 37.3 Å². The van der Waals surface area contributed by atoms with Gasteiger partial charge in [-0.1, -0.05) is 37.3 Å². The molecule has 0 saturated carbocycles. The van der Waals surface area contributed by atoms with E-state index in [-0.39, 0.29) is 10.9 Å². The number of nitrogens with one attached hydrogen (secondary N) is 1. The number of nitrogen functional groups attached to an aromatic ring is 1. The van der Waals surface area contributed by atoms with Gasteiger partial charge in [0.05, 0.1) is 4.90 Å². The molecular formula is C15H18N2O2S. The van der Waals surface area contributed by atoms with Gasteiger partial charge < -0.3 is 5.73 Å². The molecule has 0 aliphatic heterocycles. The topological polar surface area (TPSA) is 72.2 Å². The van der Waals surface area contributed by atoms with E-state index in [4.69, 9.17) is 5.73 Å². The monoisotopic (exact) mass is 290 g/mol. The van der Waals surface area contributed by atoms with Gasteiger partial charge in [-0.3, -0.25) is 0 Å². The molecule has 2 aromatic rings. The van der Waals surface area contributed by atoms with Crippen LogP contribution in [0.25, 0.3) is 0 Å². The fraction of sp³-hybridized carbons (Fsp3) is 0.200. The van der Waals surface area contributed by atoms with Crippen molar-refractivity contribution in [3.05, 3.63) is 60.2 Å². The lowest BCUT2D eigenvalue weighted by atomic mass is 10.1. The Hall–Kier alpha value is -1.85. The average Bonchev–Trinajstić information content (AvgIpc) is 2.46. The third kappa shape index (κ3) is 3.37. The molecule has 0 aliphatic carbocycles.